The standard InChI is InChI=1S/C12H18O3/c1-2-3-4-7-12(11(13)14)8-9-5-6-10(12)15-9/h2,9-10H,1,3-8H2,(H,13,14). The topological polar surface area (TPSA) is 46.5 Å². The molecule has 2 heterocycles. The summed E-state index contributed by atoms with van der Waals surface area (Å²) in [4.78, 5) is 11.4. The van der Waals surface area contributed by atoms with Crippen LogP contribution in [0.3, 0.4) is 0 Å². The third kappa shape index (κ3) is 1.69. The number of ether oxygens (including phenoxy) is 1. The minimum atomic E-state index is -0.668. The Hall–Kier alpha value is -0.830. The molecular formula is C12H18O3. The van der Waals surface area contributed by atoms with Gasteiger partial charge in [-0.15, -0.1) is 6.58 Å². The lowest BCUT2D eigenvalue weighted by Crippen LogP contribution is -2.40. The maximum Gasteiger partial charge on any atom is 0.312 e. The lowest BCUT2D eigenvalue weighted by Gasteiger charge is -2.30. The van der Waals surface area contributed by atoms with Crippen molar-refractivity contribution in [3.8, 4) is 0 Å². The number of allylic oxidation sites excluding steroid dienone is 1. The highest BCUT2D eigenvalue weighted by Gasteiger charge is 2.56. The SMILES string of the molecule is C=CCCCC1(C(=O)O)CC2CCC1O2. The Bertz CT molecular complexity index is 274. The van der Waals surface area contributed by atoms with E-state index in [0.29, 0.717) is 6.42 Å². The van der Waals surface area contributed by atoms with Gasteiger partial charge in [-0.1, -0.05) is 6.08 Å². The summed E-state index contributed by atoms with van der Waals surface area (Å²) in [7, 11) is 0. The van der Waals surface area contributed by atoms with Crippen molar-refractivity contribution in [3.05, 3.63) is 12.7 Å². The van der Waals surface area contributed by atoms with Crippen molar-refractivity contribution in [1.82, 2.24) is 0 Å². The highest BCUT2D eigenvalue weighted by Crippen LogP contribution is 2.50. The van der Waals surface area contributed by atoms with E-state index in [1.165, 1.54) is 0 Å². The molecule has 2 fully saturated rings. The first-order valence-corrected chi connectivity index (χ1v) is 5.69. The monoisotopic (exact) mass is 210 g/mol. The van der Waals surface area contributed by atoms with Crippen LogP contribution in [0.25, 0.3) is 0 Å². The van der Waals surface area contributed by atoms with Crippen molar-refractivity contribution < 1.29 is 14.6 Å². The van der Waals surface area contributed by atoms with Crippen LogP contribution in [0.1, 0.15) is 38.5 Å². The Balaban J connectivity index is 2.05. The van der Waals surface area contributed by atoms with E-state index in [-0.39, 0.29) is 12.2 Å². The molecule has 2 bridgehead atoms. The van der Waals surface area contributed by atoms with E-state index in [1.807, 2.05) is 6.08 Å². The van der Waals surface area contributed by atoms with Gasteiger partial charge in [0.15, 0.2) is 0 Å². The Morgan fingerprint density at radius 2 is 2.40 bits per heavy atom. The van der Waals surface area contributed by atoms with Crippen LogP contribution in [0.2, 0.25) is 0 Å². The highest BCUT2D eigenvalue weighted by atomic mass is 16.5. The third-order valence-electron chi connectivity index (χ3n) is 3.77. The van der Waals surface area contributed by atoms with Crippen LogP contribution < -0.4 is 0 Å². The highest BCUT2D eigenvalue weighted by molar-refractivity contribution is 5.76. The van der Waals surface area contributed by atoms with E-state index in [2.05, 4.69) is 6.58 Å². The molecule has 3 nitrogen and oxygen atoms in total. The molecule has 0 aromatic carbocycles. The van der Waals surface area contributed by atoms with Crippen LogP contribution >= 0.6 is 0 Å². The molecule has 3 unspecified atom stereocenters. The number of carboxylic acids is 1. The van der Waals surface area contributed by atoms with Gasteiger partial charge >= 0.3 is 5.97 Å². The van der Waals surface area contributed by atoms with Crippen molar-refractivity contribution in [2.75, 3.05) is 0 Å². The number of hydrogen-bond donors (Lipinski definition) is 1. The predicted octanol–water partition coefficient (Wildman–Crippen LogP) is 2.37. The molecule has 0 aromatic heterocycles. The van der Waals surface area contributed by atoms with Crippen LogP contribution in [0, 0.1) is 5.41 Å². The molecule has 3 atom stereocenters. The van der Waals surface area contributed by atoms with Gasteiger partial charge < -0.3 is 9.84 Å². The van der Waals surface area contributed by atoms with Gasteiger partial charge in [0, 0.05) is 0 Å². The number of aliphatic carboxylic acids is 1. The first kappa shape index (κ1) is 10.7. The van der Waals surface area contributed by atoms with Gasteiger partial charge in [0.05, 0.1) is 17.6 Å². The fraction of sp³-hybridized carbons (Fsp3) is 0.750. The van der Waals surface area contributed by atoms with Gasteiger partial charge in [0.25, 0.3) is 0 Å². The average Bonchev–Trinajstić information content (AvgIpc) is 2.78. The number of rotatable bonds is 5. The zero-order valence-corrected chi connectivity index (χ0v) is 8.95. The molecule has 2 aliphatic rings. The zero-order chi connectivity index (χ0) is 10.9. The van der Waals surface area contributed by atoms with E-state index >= 15 is 0 Å². The van der Waals surface area contributed by atoms with E-state index in [4.69, 9.17) is 4.74 Å². The number of unbranched alkanes of at least 4 members (excludes halogenated alkanes) is 1. The lowest BCUT2D eigenvalue weighted by atomic mass is 9.71. The van der Waals surface area contributed by atoms with Gasteiger partial charge in [-0.3, -0.25) is 4.79 Å². The molecule has 0 amide bonds. The summed E-state index contributed by atoms with van der Waals surface area (Å²) in [5.74, 6) is -0.668. The number of hydrogen-bond acceptors (Lipinski definition) is 2. The molecule has 2 aliphatic heterocycles. The second-order valence-electron chi connectivity index (χ2n) is 4.67. The molecule has 0 spiro atoms. The van der Waals surface area contributed by atoms with E-state index in [0.717, 1.165) is 32.1 Å². The second kappa shape index (κ2) is 3.97. The number of carboxylic acid groups (broad SMARTS) is 1. The minimum Gasteiger partial charge on any atom is -0.481 e. The molecule has 0 aromatic rings. The molecule has 1 N–H and O–H groups in total. The summed E-state index contributed by atoms with van der Waals surface area (Å²) in [6.45, 7) is 3.66. The number of carbonyl (C=O) groups is 1. The van der Waals surface area contributed by atoms with Crippen molar-refractivity contribution >= 4 is 5.97 Å². The van der Waals surface area contributed by atoms with E-state index in [9.17, 15) is 9.90 Å². The van der Waals surface area contributed by atoms with Crippen LogP contribution in [0.15, 0.2) is 12.7 Å². The van der Waals surface area contributed by atoms with Crippen molar-refractivity contribution in [2.45, 2.75) is 50.7 Å². The maximum absolute atomic E-state index is 11.4. The molecule has 2 saturated heterocycles. The molecule has 15 heavy (non-hydrogen) atoms. The molecule has 0 radical (unpaired) electrons. The van der Waals surface area contributed by atoms with Crippen LogP contribution in [-0.2, 0) is 9.53 Å². The van der Waals surface area contributed by atoms with Crippen LogP contribution in [-0.4, -0.2) is 23.3 Å². The van der Waals surface area contributed by atoms with Gasteiger partial charge in [-0.05, 0) is 38.5 Å². The molecule has 3 heteroatoms. The van der Waals surface area contributed by atoms with Crippen molar-refractivity contribution in [2.24, 2.45) is 5.41 Å². The zero-order valence-electron chi connectivity index (χ0n) is 8.95. The maximum atomic E-state index is 11.4. The largest absolute Gasteiger partial charge is 0.481 e. The molecule has 84 valence electrons. The van der Waals surface area contributed by atoms with Gasteiger partial charge in [0.2, 0.25) is 0 Å². The summed E-state index contributed by atoms with van der Waals surface area (Å²) in [6.07, 6.45) is 7.23. The van der Waals surface area contributed by atoms with Gasteiger partial charge in [0.1, 0.15) is 0 Å². The summed E-state index contributed by atoms with van der Waals surface area (Å²) >= 11 is 0. The average molecular weight is 210 g/mol. The summed E-state index contributed by atoms with van der Waals surface area (Å²) in [6, 6.07) is 0. The Kier molecular flexibility index (Phi) is 2.83. The van der Waals surface area contributed by atoms with E-state index < -0.39 is 11.4 Å². The summed E-state index contributed by atoms with van der Waals surface area (Å²) < 4.78 is 5.67. The second-order valence-corrected chi connectivity index (χ2v) is 4.67. The van der Waals surface area contributed by atoms with Crippen molar-refractivity contribution in [3.63, 3.8) is 0 Å². The Morgan fingerprint density at radius 3 is 2.87 bits per heavy atom. The molecule has 2 rings (SSSR count). The summed E-state index contributed by atoms with van der Waals surface area (Å²) in [5.41, 5.74) is -0.591. The van der Waals surface area contributed by atoms with Gasteiger partial charge in [-0.25, -0.2) is 0 Å². The lowest BCUT2D eigenvalue weighted by molar-refractivity contribution is -0.153. The fourth-order valence-corrected chi connectivity index (χ4v) is 2.96. The fourth-order valence-electron chi connectivity index (χ4n) is 2.96. The Labute approximate surface area is 90.1 Å². The molecule has 0 aliphatic carbocycles. The normalized spacial score (nSPS) is 38.1. The Morgan fingerprint density at radius 1 is 1.60 bits per heavy atom. The molecular weight excluding hydrogens is 192 g/mol. The predicted molar refractivity (Wildman–Crippen MR) is 56.6 cm³/mol. The smallest absolute Gasteiger partial charge is 0.312 e. The third-order valence-corrected chi connectivity index (χ3v) is 3.77. The van der Waals surface area contributed by atoms with Gasteiger partial charge in [-0.2, -0.15) is 0 Å². The van der Waals surface area contributed by atoms with Crippen molar-refractivity contribution in [1.29, 1.82) is 0 Å². The quantitative estimate of drug-likeness (QED) is 0.559. The van der Waals surface area contributed by atoms with Crippen LogP contribution in [0.4, 0.5) is 0 Å². The first-order chi connectivity index (χ1) is 7.19. The molecule has 0 saturated carbocycles. The summed E-state index contributed by atoms with van der Waals surface area (Å²) in [5, 5.41) is 9.38. The van der Waals surface area contributed by atoms with Crippen LogP contribution in [0.5, 0.6) is 0 Å². The first-order valence-electron chi connectivity index (χ1n) is 5.69. The minimum absolute atomic E-state index is 0.0372. The van der Waals surface area contributed by atoms with E-state index in [1.54, 1.807) is 0 Å². The number of fused-ring (bicyclic) bond motifs is 2.